The molecule has 0 unspecified atom stereocenters. The van der Waals surface area contributed by atoms with Crippen molar-refractivity contribution in [3.63, 3.8) is 0 Å². The predicted molar refractivity (Wildman–Crippen MR) is 41.5 cm³/mol. The molecule has 10 heavy (non-hydrogen) atoms. The lowest BCUT2D eigenvalue weighted by Crippen LogP contribution is -2.40. The van der Waals surface area contributed by atoms with E-state index < -0.39 is 5.67 Å². The van der Waals surface area contributed by atoms with Gasteiger partial charge in [0.1, 0.15) is 5.67 Å². The fourth-order valence-corrected chi connectivity index (χ4v) is 0.781. The lowest BCUT2D eigenvalue weighted by atomic mass is 9.99. The number of hydrogen-bond acceptors (Lipinski definition) is 2. The zero-order valence-corrected chi connectivity index (χ0v) is 6.57. The summed E-state index contributed by atoms with van der Waals surface area (Å²) in [6, 6.07) is 0. The summed E-state index contributed by atoms with van der Waals surface area (Å²) in [4.78, 5) is 0. The Bertz CT molecular complexity index is 81.7. The first kappa shape index (κ1) is 9.85. The minimum atomic E-state index is -1.31. The van der Waals surface area contributed by atoms with Crippen LogP contribution in [0.15, 0.2) is 0 Å². The van der Waals surface area contributed by atoms with Crippen LogP contribution >= 0.6 is 0 Å². The molecule has 0 aromatic carbocycles. The highest BCUT2D eigenvalue weighted by Gasteiger charge is 2.24. The smallest absolute Gasteiger partial charge is 0.135 e. The van der Waals surface area contributed by atoms with Crippen molar-refractivity contribution >= 4 is 0 Å². The second-order valence-corrected chi connectivity index (χ2v) is 2.66. The van der Waals surface area contributed by atoms with Crippen LogP contribution in [0.25, 0.3) is 0 Å². The van der Waals surface area contributed by atoms with Gasteiger partial charge >= 0.3 is 0 Å². The van der Waals surface area contributed by atoms with Crippen LogP contribution in [-0.2, 0) is 0 Å². The fourth-order valence-electron chi connectivity index (χ4n) is 0.781. The molecule has 0 atom stereocenters. The number of unbranched alkanes of at least 4 members (excludes halogenated alkanes) is 1. The van der Waals surface area contributed by atoms with Gasteiger partial charge < -0.3 is 11.5 Å². The molecule has 0 saturated heterocycles. The molecule has 4 N–H and O–H groups in total. The minimum Gasteiger partial charge on any atom is -0.327 e. The maximum Gasteiger partial charge on any atom is 0.135 e. The third-order valence-electron chi connectivity index (χ3n) is 1.71. The average Bonchev–Trinajstić information content (AvgIpc) is 2.00. The Hall–Kier alpha value is -0.150. The van der Waals surface area contributed by atoms with Crippen LogP contribution in [0.3, 0.4) is 0 Å². The van der Waals surface area contributed by atoms with E-state index in [4.69, 9.17) is 11.5 Å². The summed E-state index contributed by atoms with van der Waals surface area (Å²) in [7, 11) is 0. The third kappa shape index (κ3) is 3.13. The molecule has 0 fully saturated rings. The van der Waals surface area contributed by atoms with Crippen molar-refractivity contribution in [1.29, 1.82) is 0 Å². The maximum atomic E-state index is 13.2. The van der Waals surface area contributed by atoms with Crippen LogP contribution in [-0.4, -0.2) is 18.8 Å². The van der Waals surface area contributed by atoms with Gasteiger partial charge in [-0.15, -0.1) is 0 Å². The molecule has 62 valence electrons. The summed E-state index contributed by atoms with van der Waals surface area (Å²) < 4.78 is 13.2. The van der Waals surface area contributed by atoms with Crippen molar-refractivity contribution in [2.45, 2.75) is 31.9 Å². The van der Waals surface area contributed by atoms with Crippen molar-refractivity contribution in [2.75, 3.05) is 13.1 Å². The van der Waals surface area contributed by atoms with Gasteiger partial charge in [-0.2, -0.15) is 0 Å². The topological polar surface area (TPSA) is 52.0 Å². The van der Waals surface area contributed by atoms with Gasteiger partial charge in [0.2, 0.25) is 0 Å². The van der Waals surface area contributed by atoms with Gasteiger partial charge in [-0.3, -0.25) is 0 Å². The van der Waals surface area contributed by atoms with E-state index in [1.807, 2.05) is 6.92 Å². The molecular formula is C7H17FN2. The van der Waals surface area contributed by atoms with Gasteiger partial charge in [0.15, 0.2) is 0 Å². The van der Waals surface area contributed by atoms with E-state index in [-0.39, 0.29) is 13.1 Å². The summed E-state index contributed by atoms with van der Waals surface area (Å²) >= 11 is 0. The van der Waals surface area contributed by atoms with E-state index in [9.17, 15) is 4.39 Å². The molecule has 3 heteroatoms. The van der Waals surface area contributed by atoms with Crippen LogP contribution in [0.2, 0.25) is 0 Å². The lowest BCUT2D eigenvalue weighted by molar-refractivity contribution is 0.166. The molecule has 0 aliphatic carbocycles. The largest absolute Gasteiger partial charge is 0.327 e. The molecule has 0 saturated carbocycles. The van der Waals surface area contributed by atoms with E-state index in [0.29, 0.717) is 6.42 Å². The molecule has 0 aromatic heterocycles. The van der Waals surface area contributed by atoms with Gasteiger partial charge in [0.05, 0.1) is 0 Å². The van der Waals surface area contributed by atoms with Crippen LogP contribution < -0.4 is 11.5 Å². The highest BCUT2D eigenvalue weighted by Crippen LogP contribution is 2.15. The van der Waals surface area contributed by atoms with Crippen molar-refractivity contribution in [3.05, 3.63) is 0 Å². The number of alkyl halides is 1. The highest BCUT2D eigenvalue weighted by molar-refractivity contribution is 4.80. The van der Waals surface area contributed by atoms with Crippen LogP contribution in [0.5, 0.6) is 0 Å². The second kappa shape index (κ2) is 4.63. The number of halogens is 1. The zero-order valence-electron chi connectivity index (χ0n) is 6.57. The average molecular weight is 148 g/mol. The van der Waals surface area contributed by atoms with Crippen LogP contribution in [0.4, 0.5) is 4.39 Å². The number of hydrogen-bond donors (Lipinski definition) is 2. The van der Waals surface area contributed by atoms with Crippen molar-refractivity contribution < 1.29 is 4.39 Å². The normalized spacial score (nSPS) is 12.0. The van der Waals surface area contributed by atoms with Crippen molar-refractivity contribution in [1.82, 2.24) is 0 Å². The van der Waals surface area contributed by atoms with Gasteiger partial charge in [0.25, 0.3) is 0 Å². The Morgan fingerprint density at radius 3 is 2.10 bits per heavy atom. The maximum absolute atomic E-state index is 13.2. The molecule has 0 spiro atoms. The monoisotopic (exact) mass is 148 g/mol. The Morgan fingerprint density at radius 2 is 1.80 bits per heavy atom. The molecular weight excluding hydrogens is 131 g/mol. The molecule has 0 bridgehead atoms. The Morgan fingerprint density at radius 1 is 1.30 bits per heavy atom. The Balaban J connectivity index is 3.58. The number of rotatable bonds is 5. The molecule has 2 nitrogen and oxygen atoms in total. The van der Waals surface area contributed by atoms with Crippen molar-refractivity contribution in [2.24, 2.45) is 11.5 Å². The second-order valence-electron chi connectivity index (χ2n) is 2.66. The van der Waals surface area contributed by atoms with E-state index in [2.05, 4.69) is 0 Å². The standard InChI is InChI=1S/C7H17FN2/c1-2-3-4-7(8,5-9)6-10/h2-6,9-10H2,1H3. The summed E-state index contributed by atoms with van der Waals surface area (Å²) in [5.74, 6) is 0. The number of nitrogens with two attached hydrogens (primary N) is 2. The SMILES string of the molecule is CCCCC(F)(CN)CN. The van der Waals surface area contributed by atoms with Gasteiger partial charge in [-0.1, -0.05) is 19.8 Å². The van der Waals surface area contributed by atoms with Gasteiger partial charge in [-0.25, -0.2) is 4.39 Å². The van der Waals surface area contributed by atoms with Crippen LogP contribution in [0.1, 0.15) is 26.2 Å². The Labute approximate surface area is 61.8 Å². The fraction of sp³-hybridized carbons (Fsp3) is 1.00. The summed E-state index contributed by atoms with van der Waals surface area (Å²) in [5, 5.41) is 0. The van der Waals surface area contributed by atoms with Gasteiger partial charge in [0, 0.05) is 13.1 Å². The molecule has 0 rings (SSSR count). The first-order valence-electron chi connectivity index (χ1n) is 3.77. The molecule has 0 aromatic rings. The lowest BCUT2D eigenvalue weighted by Gasteiger charge is -2.20. The summed E-state index contributed by atoms with van der Waals surface area (Å²) in [5.41, 5.74) is 9.10. The van der Waals surface area contributed by atoms with Gasteiger partial charge in [-0.05, 0) is 6.42 Å². The molecule has 0 heterocycles. The predicted octanol–water partition coefficient (Wildman–Crippen LogP) is 0.802. The van der Waals surface area contributed by atoms with Crippen molar-refractivity contribution in [3.8, 4) is 0 Å². The quantitative estimate of drug-likeness (QED) is 0.606. The highest BCUT2D eigenvalue weighted by atomic mass is 19.1. The Kier molecular flexibility index (Phi) is 4.56. The van der Waals surface area contributed by atoms with E-state index >= 15 is 0 Å². The molecule has 0 amide bonds. The van der Waals surface area contributed by atoms with E-state index in [1.54, 1.807) is 0 Å². The first-order valence-corrected chi connectivity index (χ1v) is 3.77. The van der Waals surface area contributed by atoms with Crippen LogP contribution in [0, 0.1) is 0 Å². The summed E-state index contributed by atoms with van der Waals surface area (Å²) in [6.45, 7) is 2.11. The molecule has 0 aliphatic rings. The molecule has 0 aliphatic heterocycles. The first-order chi connectivity index (χ1) is 4.68. The van der Waals surface area contributed by atoms with E-state index in [1.165, 1.54) is 0 Å². The summed E-state index contributed by atoms with van der Waals surface area (Å²) in [6.07, 6.45) is 2.35. The minimum absolute atomic E-state index is 0.0451. The third-order valence-corrected chi connectivity index (χ3v) is 1.71. The van der Waals surface area contributed by atoms with E-state index in [0.717, 1.165) is 12.8 Å². The molecule has 0 radical (unpaired) electrons. The zero-order chi connectivity index (χ0) is 8.04.